The zero-order chi connectivity index (χ0) is 20.5. The molecule has 0 fully saturated rings. The lowest BCUT2D eigenvalue weighted by molar-refractivity contribution is -0.121. The molecule has 2 aromatic carbocycles. The summed E-state index contributed by atoms with van der Waals surface area (Å²) >= 11 is 0. The van der Waals surface area contributed by atoms with E-state index in [9.17, 15) is 18.4 Å². The number of benzene rings is 2. The fraction of sp³-hybridized carbons (Fsp3) is 0.300. The van der Waals surface area contributed by atoms with E-state index in [2.05, 4.69) is 15.4 Å². The maximum atomic E-state index is 12.3. The van der Waals surface area contributed by atoms with Crippen LogP contribution in [0.25, 0.3) is 0 Å². The van der Waals surface area contributed by atoms with Gasteiger partial charge >= 0.3 is 6.61 Å². The Balaban J connectivity index is 1.84. The van der Waals surface area contributed by atoms with Gasteiger partial charge in [0.15, 0.2) is 11.5 Å². The van der Waals surface area contributed by atoms with E-state index >= 15 is 0 Å². The van der Waals surface area contributed by atoms with Crippen LogP contribution < -0.4 is 20.1 Å². The van der Waals surface area contributed by atoms with Gasteiger partial charge in [-0.05, 0) is 36.8 Å². The van der Waals surface area contributed by atoms with E-state index in [1.165, 1.54) is 19.2 Å². The van der Waals surface area contributed by atoms with Crippen LogP contribution in [0.15, 0.2) is 48.5 Å². The van der Waals surface area contributed by atoms with Gasteiger partial charge in [0.05, 0.1) is 7.11 Å². The van der Waals surface area contributed by atoms with Crippen molar-refractivity contribution in [2.24, 2.45) is 0 Å². The largest absolute Gasteiger partial charge is 0.493 e. The molecule has 8 heteroatoms. The fourth-order valence-corrected chi connectivity index (χ4v) is 2.51. The lowest BCUT2D eigenvalue weighted by Gasteiger charge is -2.15. The second-order valence-corrected chi connectivity index (χ2v) is 6.09. The van der Waals surface area contributed by atoms with Gasteiger partial charge in [0.25, 0.3) is 5.91 Å². The molecule has 2 N–H and O–H groups in total. The molecule has 0 aliphatic carbocycles. The summed E-state index contributed by atoms with van der Waals surface area (Å²) in [6, 6.07) is 12.8. The molecular weight excluding hydrogens is 370 g/mol. The van der Waals surface area contributed by atoms with Crippen LogP contribution >= 0.6 is 0 Å². The summed E-state index contributed by atoms with van der Waals surface area (Å²) in [6.45, 7) is -1.03. The number of halogens is 2. The first-order valence-electron chi connectivity index (χ1n) is 8.63. The van der Waals surface area contributed by atoms with E-state index in [0.29, 0.717) is 11.1 Å². The monoisotopic (exact) mass is 392 g/mol. The van der Waals surface area contributed by atoms with Crippen LogP contribution in [-0.2, 0) is 11.3 Å². The average molecular weight is 392 g/mol. The first-order chi connectivity index (χ1) is 13.4. The molecule has 0 aromatic heterocycles. The van der Waals surface area contributed by atoms with Gasteiger partial charge in [-0.25, -0.2) is 0 Å². The Labute approximate surface area is 161 Å². The quantitative estimate of drug-likeness (QED) is 0.688. The molecule has 0 saturated heterocycles. The Morgan fingerprint density at radius 1 is 1.07 bits per heavy atom. The van der Waals surface area contributed by atoms with Gasteiger partial charge in [0, 0.05) is 24.6 Å². The van der Waals surface area contributed by atoms with E-state index in [1.807, 2.05) is 6.07 Å². The first-order valence-corrected chi connectivity index (χ1v) is 8.63. The molecule has 0 spiro atoms. The summed E-state index contributed by atoms with van der Waals surface area (Å²) in [5.41, 5.74) is 1.18. The summed E-state index contributed by atoms with van der Waals surface area (Å²) in [5.74, 6) is -0.437. The maximum absolute atomic E-state index is 12.3. The topological polar surface area (TPSA) is 76.7 Å². The third-order valence-corrected chi connectivity index (χ3v) is 3.84. The number of amides is 2. The number of rotatable bonds is 9. The molecule has 0 radical (unpaired) electrons. The van der Waals surface area contributed by atoms with E-state index in [4.69, 9.17) is 4.74 Å². The third kappa shape index (κ3) is 6.53. The number of hydrogen-bond acceptors (Lipinski definition) is 4. The molecule has 0 saturated carbocycles. The highest BCUT2D eigenvalue weighted by Crippen LogP contribution is 2.29. The van der Waals surface area contributed by atoms with Crippen molar-refractivity contribution in [2.45, 2.75) is 32.5 Å². The smallest absolute Gasteiger partial charge is 0.387 e. The van der Waals surface area contributed by atoms with E-state index in [1.54, 1.807) is 37.3 Å². The molecule has 2 rings (SSSR count). The van der Waals surface area contributed by atoms with Crippen molar-refractivity contribution in [2.75, 3.05) is 7.11 Å². The van der Waals surface area contributed by atoms with E-state index < -0.39 is 6.61 Å². The van der Waals surface area contributed by atoms with Crippen molar-refractivity contribution in [1.29, 1.82) is 0 Å². The highest BCUT2D eigenvalue weighted by atomic mass is 19.3. The SMILES string of the molecule is COc1cc(CNC(=O)CC(C)NC(=O)c2ccccc2)ccc1OC(F)F. The summed E-state index contributed by atoms with van der Waals surface area (Å²) in [4.78, 5) is 24.2. The van der Waals surface area contributed by atoms with Gasteiger partial charge in [-0.2, -0.15) is 8.78 Å². The van der Waals surface area contributed by atoms with E-state index in [0.717, 1.165) is 0 Å². The van der Waals surface area contributed by atoms with Crippen molar-refractivity contribution < 1.29 is 27.8 Å². The lowest BCUT2D eigenvalue weighted by Crippen LogP contribution is -2.37. The minimum Gasteiger partial charge on any atom is -0.493 e. The van der Waals surface area contributed by atoms with Gasteiger partial charge in [-0.1, -0.05) is 24.3 Å². The van der Waals surface area contributed by atoms with Gasteiger partial charge in [0.2, 0.25) is 5.91 Å². The molecule has 2 amide bonds. The van der Waals surface area contributed by atoms with Gasteiger partial charge < -0.3 is 20.1 Å². The average Bonchev–Trinajstić information content (AvgIpc) is 2.67. The summed E-state index contributed by atoms with van der Waals surface area (Å²) in [5, 5.41) is 5.48. The normalized spacial score (nSPS) is 11.6. The van der Waals surface area contributed by atoms with Gasteiger partial charge in [-0.15, -0.1) is 0 Å². The van der Waals surface area contributed by atoms with Crippen LogP contribution in [0, 0.1) is 0 Å². The minimum atomic E-state index is -2.95. The Bertz CT molecular complexity index is 800. The number of carbonyl (C=O) groups excluding carboxylic acids is 2. The molecule has 1 atom stereocenters. The van der Waals surface area contributed by atoms with Gasteiger partial charge in [-0.3, -0.25) is 9.59 Å². The molecule has 28 heavy (non-hydrogen) atoms. The summed E-state index contributed by atoms with van der Waals surface area (Å²) < 4.78 is 34.1. The second kappa shape index (κ2) is 10.2. The Morgan fingerprint density at radius 3 is 2.43 bits per heavy atom. The molecule has 1 unspecified atom stereocenters. The molecule has 0 aliphatic heterocycles. The molecule has 0 heterocycles. The van der Waals surface area contributed by atoms with Crippen molar-refractivity contribution >= 4 is 11.8 Å². The summed E-state index contributed by atoms with van der Waals surface area (Å²) in [6.07, 6.45) is 0.0995. The molecule has 2 aromatic rings. The van der Waals surface area contributed by atoms with Crippen LogP contribution in [0.3, 0.4) is 0 Å². The number of alkyl halides is 2. The number of hydrogen-bond donors (Lipinski definition) is 2. The maximum Gasteiger partial charge on any atom is 0.387 e. The number of ether oxygens (including phenoxy) is 2. The minimum absolute atomic E-state index is 0.0789. The standard InChI is InChI=1S/C20H22F2N2O4/c1-13(24-19(26)15-6-4-3-5-7-15)10-18(25)23-12-14-8-9-16(28-20(21)22)17(11-14)27-2/h3-9,11,13,20H,10,12H2,1-2H3,(H,23,25)(H,24,26). The Kier molecular flexibility index (Phi) is 7.74. The zero-order valence-electron chi connectivity index (χ0n) is 15.6. The van der Waals surface area contributed by atoms with Crippen LogP contribution in [-0.4, -0.2) is 31.6 Å². The molecular formula is C20H22F2N2O4. The predicted molar refractivity (Wildman–Crippen MR) is 99.5 cm³/mol. The Morgan fingerprint density at radius 2 is 1.79 bits per heavy atom. The Hall–Kier alpha value is -3.16. The molecule has 6 nitrogen and oxygen atoms in total. The van der Waals surface area contributed by atoms with Crippen LogP contribution in [0.4, 0.5) is 8.78 Å². The van der Waals surface area contributed by atoms with Crippen LogP contribution in [0.1, 0.15) is 29.3 Å². The third-order valence-electron chi connectivity index (χ3n) is 3.84. The summed E-state index contributed by atoms with van der Waals surface area (Å²) in [7, 11) is 1.34. The highest BCUT2D eigenvalue weighted by molar-refractivity contribution is 5.94. The van der Waals surface area contributed by atoms with Crippen molar-refractivity contribution in [3.05, 3.63) is 59.7 Å². The van der Waals surface area contributed by atoms with Crippen molar-refractivity contribution in [1.82, 2.24) is 10.6 Å². The fourth-order valence-electron chi connectivity index (χ4n) is 2.51. The number of nitrogens with one attached hydrogen (secondary N) is 2. The van der Waals surface area contributed by atoms with E-state index in [-0.39, 0.29) is 42.3 Å². The highest BCUT2D eigenvalue weighted by Gasteiger charge is 2.14. The second-order valence-electron chi connectivity index (χ2n) is 6.09. The predicted octanol–water partition coefficient (Wildman–Crippen LogP) is 3.12. The van der Waals surface area contributed by atoms with Crippen LogP contribution in [0.2, 0.25) is 0 Å². The van der Waals surface area contributed by atoms with Crippen LogP contribution in [0.5, 0.6) is 11.5 Å². The van der Waals surface area contributed by atoms with Crippen molar-refractivity contribution in [3.8, 4) is 11.5 Å². The number of methoxy groups -OCH3 is 1. The first kappa shape index (κ1) is 21.1. The zero-order valence-corrected chi connectivity index (χ0v) is 15.6. The van der Waals surface area contributed by atoms with Gasteiger partial charge in [0.1, 0.15) is 0 Å². The number of carbonyl (C=O) groups is 2. The molecule has 0 bridgehead atoms. The molecule has 0 aliphatic rings. The molecule has 150 valence electrons. The van der Waals surface area contributed by atoms with Crippen molar-refractivity contribution in [3.63, 3.8) is 0 Å². The lowest BCUT2D eigenvalue weighted by atomic mass is 10.1.